The molecule has 70 heavy (non-hydrogen) atoms. The third kappa shape index (κ3) is 6.79. The van der Waals surface area contributed by atoms with Crippen molar-refractivity contribution in [2.24, 2.45) is 12.8 Å². The second-order valence-corrected chi connectivity index (χ2v) is 17.5. The van der Waals surface area contributed by atoms with Crippen LogP contribution in [0.4, 0.5) is 0 Å². The average molecular weight is 1050 g/mol. The van der Waals surface area contributed by atoms with E-state index in [2.05, 4.69) is 157 Å². The van der Waals surface area contributed by atoms with Crippen LogP contribution in [0.2, 0.25) is 0 Å². The number of aromatic hydroxyl groups is 10. The van der Waals surface area contributed by atoms with Gasteiger partial charge in [0.15, 0.2) is 23.0 Å². The summed E-state index contributed by atoms with van der Waals surface area (Å²) in [4.78, 5) is 0. The Bertz CT molecular complexity index is 3800. The van der Waals surface area contributed by atoms with E-state index in [-0.39, 0.29) is 29.4 Å². The number of para-hydroxylation sites is 1. The molecule has 0 unspecified atom stereocenters. The SMILES string of the molecule is Cn1c2ccccc2c2ccc3c(c4cc5c(cc4n3-c3ccc(-c4ccccc4)cc3)-c3ccccc3C5(C)C)c21.I.N=C(/C=C(\N)c1c(O)c(O)c(O)c(O)c1O)c1c(O)c(O)c(O)c(O)c1O. The van der Waals surface area contributed by atoms with Crippen molar-refractivity contribution < 1.29 is 51.1 Å². The number of hydrogen-bond donors (Lipinski definition) is 12. The van der Waals surface area contributed by atoms with Crippen molar-refractivity contribution in [2.75, 3.05) is 0 Å². The van der Waals surface area contributed by atoms with E-state index in [0.29, 0.717) is 6.08 Å². The number of aromatic nitrogens is 2. The lowest BCUT2D eigenvalue weighted by molar-refractivity contribution is 0.327. The molecule has 0 fully saturated rings. The van der Waals surface area contributed by atoms with E-state index >= 15 is 0 Å². The highest BCUT2D eigenvalue weighted by Gasteiger charge is 2.36. The predicted octanol–water partition coefficient (Wildman–Crippen LogP) is 11.1. The molecule has 0 aliphatic heterocycles. The molecule has 11 rings (SSSR count). The van der Waals surface area contributed by atoms with E-state index in [4.69, 9.17) is 11.1 Å². The van der Waals surface area contributed by atoms with Crippen molar-refractivity contribution in [3.05, 3.63) is 156 Å². The van der Waals surface area contributed by atoms with Gasteiger partial charge in [-0.15, -0.1) is 24.0 Å². The molecule has 0 radical (unpaired) electrons. The molecule has 352 valence electrons. The Morgan fingerprint density at radius 1 is 0.500 bits per heavy atom. The number of nitrogens with zero attached hydrogens (tertiary/aromatic N) is 2. The molecular weight excluding hydrogens is 1000 g/mol. The van der Waals surface area contributed by atoms with Crippen molar-refractivity contribution in [2.45, 2.75) is 19.3 Å². The second kappa shape index (κ2) is 16.8. The summed E-state index contributed by atoms with van der Waals surface area (Å²) in [5, 5.41) is 109. The highest BCUT2D eigenvalue weighted by molar-refractivity contribution is 14.0. The molecule has 15 heteroatoms. The first-order valence-corrected chi connectivity index (χ1v) is 21.6. The van der Waals surface area contributed by atoms with Crippen molar-refractivity contribution in [3.8, 4) is 85.4 Å². The summed E-state index contributed by atoms with van der Waals surface area (Å²) in [6, 6.07) is 47.0. The molecule has 0 spiro atoms. The van der Waals surface area contributed by atoms with Crippen molar-refractivity contribution >= 4 is 79.0 Å². The Morgan fingerprint density at radius 2 is 1.03 bits per heavy atom. The largest absolute Gasteiger partial charge is 0.504 e. The van der Waals surface area contributed by atoms with Gasteiger partial charge in [-0.1, -0.05) is 105 Å². The van der Waals surface area contributed by atoms with Gasteiger partial charge in [0, 0.05) is 50.9 Å². The minimum Gasteiger partial charge on any atom is -0.504 e. The molecule has 0 atom stereocenters. The van der Waals surface area contributed by atoms with Gasteiger partial charge in [-0.3, -0.25) is 5.41 Å². The number of nitrogens with two attached hydrogens (primary N) is 1. The first-order chi connectivity index (χ1) is 32.9. The lowest BCUT2D eigenvalue weighted by Crippen LogP contribution is -2.14. The number of aryl methyl sites for hydroxylation is 1. The monoisotopic (exact) mass is 1050 g/mol. The highest BCUT2D eigenvalue weighted by Crippen LogP contribution is 2.55. The fraction of sp³-hybridized carbons (Fsp3) is 0.0727. The van der Waals surface area contributed by atoms with Crippen LogP contribution in [0, 0.1) is 5.41 Å². The average Bonchev–Trinajstić information content (AvgIpc) is 3.92. The zero-order valence-corrected chi connectivity index (χ0v) is 39.9. The molecule has 14 nitrogen and oxygen atoms in total. The topological polar surface area (TPSA) is 262 Å². The van der Waals surface area contributed by atoms with E-state index < -0.39 is 80.0 Å². The van der Waals surface area contributed by atoms with Gasteiger partial charge in [0.1, 0.15) is 0 Å². The van der Waals surface area contributed by atoms with E-state index in [1.165, 1.54) is 82.7 Å². The number of benzene rings is 8. The molecule has 2 aromatic heterocycles. The molecule has 1 aliphatic rings. The van der Waals surface area contributed by atoms with Gasteiger partial charge in [0.2, 0.25) is 34.5 Å². The summed E-state index contributed by atoms with van der Waals surface area (Å²) in [5.41, 5.74) is 16.5. The molecule has 10 aromatic rings. The Hall–Kier alpha value is -8.70. The molecule has 0 saturated heterocycles. The normalized spacial score (nSPS) is 12.7. The number of halogens is 1. The van der Waals surface area contributed by atoms with Gasteiger partial charge in [-0.05, 0) is 75.9 Å². The van der Waals surface area contributed by atoms with E-state index in [1.54, 1.807) is 0 Å². The van der Waals surface area contributed by atoms with Crippen LogP contribution in [0.5, 0.6) is 57.5 Å². The van der Waals surface area contributed by atoms with Gasteiger partial charge in [-0.25, -0.2) is 0 Å². The molecule has 0 bridgehead atoms. The summed E-state index contributed by atoms with van der Waals surface area (Å²) < 4.78 is 4.87. The number of nitrogens with one attached hydrogen (secondary N) is 1. The van der Waals surface area contributed by atoms with Gasteiger partial charge < -0.3 is 65.9 Å². The second-order valence-electron chi connectivity index (χ2n) is 17.5. The summed E-state index contributed by atoms with van der Waals surface area (Å²) in [6.45, 7) is 4.74. The van der Waals surface area contributed by atoms with Crippen LogP contribution < -0.4 is 5.73 Å². The Morgan fingerprint density at radius 3 is 1.66 bits per heavy atom. The van der Waals surface area contributed by atoms with Crippen LogP contribution in [-0.2, 0) is 12.5 Å². The van der Waals surface area contributed by atoms with Crippen LogP contribution >= 0.6 is 24.0 Å². The first kappa shape index (κ1) is 46.4. The zero-order chi connectivity index (χ0) is 49.0. The third-order valence-electron chi connectivity index (χ3n) is 13.3. The molecule has 2 heterocycles. The number of allylic oxidation sites excluding steroid dienone is 1. The quantitative estimate of drug-likeness (QED) is 0.0334. The Balaban J connectivity index is 0.000000190. The minimum absolute atomic E-state index is 0. The molecule has 0 amide bonds. The molecule has 13 N–H and O–H groups in total. The zero-order valence-electron chi connectivity index (χ0n) is 37.6. The summed E-state index contributed by atoms with van der Waals surface area (Å²) in [5.74, 6) is -12.1. The molecule has 0 saturated carbocycles. The fourth-order valence-electron chi connectivity index (χ4n) is 9.87. The Labute approximate surface area is 415 Å². The van der Waals surface area contributed by atoms with Crippen molar-refractivity contribution in [3.63, 3.8) is 0 Å². The maximum atomic E-state index is 9.79. The van der Waals surface area contributed by atoms with Gasteiger partial charge in [0.25, 0.3) is 0 Å². The number of phenolic OH excluding ortho intramolecular Hbond substituents is 10. The Kier molecular flexibility index (Phi) is 11.1. The van der Waals surface area contributed by atoms with Crippen LogP contribution in [0.1, 0.15) is 36.1 Å². The van der Waals surface area contributed by atoms with E-state index in [0.717, 1.165) is 0 Å². The smallest absolute Gasteiger partial charge is 0.208 e. The molecular formula is C55H45IN4O10. The number of fused-ring (bicyclic) bond motifs is 10. The lowest BCUT2D eigenvalue weighted by atomic mass is 9.82. The molecule has 8 aromatic carbocycles. The number of hydrogen-bond acceptors (Lipinski definition) is 12. The summed E-state index contributed by atoms with van der Waals surface area (Å²) in [6.07, 6.45) is 0.593. The summed E-state index contributed by atoms with van der Waals surface area (Å²) in [7, 11) is 2.22. The van der Waals surface area contributed by atoms with E-state index in [1.807, 2.05) is 0 Å². The summed E-state index contributed by atoms with van der Waals surface area (Å²) >= 11 is 0. The maximum Gasteiger partial charge on any atom is 0.208 e. The third-order valence-corrected chi connectivity index (χ3v) is 13.3. The van der Waals surface area contributed by atoms with Crippen molar-refractivity contribution in [1.29, 1.82) is 5.41 Å². The van der Waals surface area contributed by atoms with E-state index in [9.17, 15) is 51.1 Å². The predicted molar refractivity (Wildman–Crippen MR) is 282 cm³/mol. The van der Waals surface area contributed by atoms with Gasteiger partial charge >= 0.3 is 0 Å². The molecule has 1 aliphatic carbocycles. The van der Waals surface area contributed by atoms with Gasteiger partial charge in [0.05, 0.1) is 33.4 Å². The van der Waals surface area contributed by atoms with Crippen molar-refractivity contribution in [1.82, 2.24) is 9.13 Å². The minimum atomic E-state index is -1.25. The number of rotatable bonds is 5. The van der Waals surface area contributed by atoms with Crippen LogP contribution in [-0.4, -0.2) is 65.9 Å². The van der Waals surface area contributed by atoms with Gasteiger partial charge in [-0.2, -0.15) is 0 Å². The highest BCUT2D eigenvalue weighted by atomic mass is 127. The first-order valence-electron chi connectivity index (χ1n) is 21.6. The van der Waals surface area contributed by atoms with Crippen LogP contribution in [0.3, 0.4) is 0 Å². The number of phenols is 10. The lowest BCUT2D eigenvalue weighted by Gasteiger charge is -2.21. The fourth-order valence-corrected chi connectivity index (χ4v) is 9.87. The standard InChI is InChI=1S/C40H30N2.C15H14N2O10.HI/c1-40(2)33-15-9-7-13-28(33)31-24-37-32(23-34(31)40)38-36(22-21-30-29-14-8-10-16-35(29)41(3)39(30)38)42(37)27-19-17-26(18-20-27)25-11-5-4-6-12-25;16-2(4-6(18)10(22)14(26)11(23)7(4)19)1-3(17)5-8(20)12(24)15(27)13(25)9(5)21;/h4-24H,1-3H3;1,16,18-27H,17H2;1H/b;3-1-,16-2?;. The van der Waals surface area contributed by atoms with Crippen LogP contribution in [0.25, 0.3) is 77.2 Å². The van der Waals surface area contributed by atoms with Crippen LogP contribution in [0.15, 0.2) is 133 Å². The maximum absolute atomic E-state index is 9.79.